The van der Waals surface area contributed by atoms with E-state index in [9.17, 15) is 9.59 Å². The Morgan fingerprint density at radius 1 is 0.912 bits per heavy atom. The second kappa shape index (κ2) is 9.95. The van der Waals surface area contributed by atoms with Crippen LogP contribution in [0.15, 0.2) is 91.0 Å². The highest BCUT2D eigenvalue weighted by Gasteiger charge is 2.51. The lowest BCUT2D eigenvalue weighted by Gasteiger charge is -2.43. The van der Waals surface area contributed by atoms with E-state index in [2.05, 4.69) is 45.0 Å². The van der Waals surface area contributed by atoms with Crippen molar-refractivity contribution in [3.05, 3.63) is 96.6 Å². The summed E-state index contributed by atoms with van der Waals surface area (Å²) in [5, 5.41) is 1.92. The van der Waals surface area contributed by atoms with Gasteiger partial charge in [0.15, 0.2) is 0 Å². The molecule has 1 aliphatic heterocycles. The third kappa shape index (κ3) is 4.69. The first kappa shape index (κ1) is 23.9. The molecule has 0 spiro atoms. The van der Waals surface area contributed by atoms with Gasteiger partial charge in [-0.1, -0.05) is 112 Å². The average molecular weight is 474 g/mol. The summed E-state index contributed by atoms with van der Waals surface area (Å²) < 4.78 is 12.0. The molecule has 5 nitrogen and oxygen atoms in total. The van der Waals surface area contributed by atoms with Gasteiger partial charge in [-0.15, -0.1) is 0 Å². The van der Waals surface area contributed by atoms with Crippen molar-refractivity contribution in [3.63, 3.8) is 0 Å². The van der Waals surface area contributed by atoms with Crippen LogP contribution in [0.1, 0.15) is 26.3 Å². The maximum atomic E-state index is 13.4. The molecule has 176 valence electrons. The number of imide groups is 1. The van der Waals surface area contributed by atoms with Gasteiger partial charge in [0.25, 0.3) is 14.2 Å². The van der Waals surface area contributed by atoms with E-state index in [0.29, 0.717) is 6.42 Å². The first-order valence-electron chi connectivity index (χ1n) is 11.6. The van der Waals surface area contributed by atoms with Gasteiger partial charge in [-0.3, -0.25) is 4.79 Å². The summed E-state index contributed by atoms with van der Waals surface area (Å²) in [5.74, 6) is -0.364. The van der Waals surface area contributed by atoms with Crippen LogP contribution in [0.2, 0.25) is 5.04 Å². The standard InChI is InChI=1S/C28H31NO4Si/c1-28(2,3)34(24-15-9-5-10-16-24,25-17-11-6-12-18-25)33-21-26(30)29-23(20-32-27(29)31)19-22-13-7-4-8-14-22/h4-18,23H,19-21H2,1-3H3/t23-/m1/s1. The highest BCUT2D eigenvalue weighted by Crippen LogP contribution is 2.36. The monoisotopic (exact) mass is 473 g/mol. The molecule has 1 fully saturated rings. The number of carbonyl (C=O) groups excluding carboxylic acids is 2. The number of cyclic esters (lactones) is 1. The summed E-state index contributed by atoms with van der Waals surface area (Å²) in [6, 6.07) is 29.8. The van der Waals surface area contributed by atoms with Gasteiger partial charge in [0, 0.05) is 0 Å². The molecule has 1 atom stereocenters. The SMILES string of the molecule is CC(C)(C)[Si](OCC(=O)N1C(=O)OC[C@H]1Cc1ccccc1)(c1ccccc1)c1ccccc1. The minimum atomic E-state index is -2.88. The summed E-state index contributed by atoms with van der Waals surface area (Å²) in [4.78, 5) is 27.2. The van der Waals surface area contributed by atoms with Gasteiger partial charge in [-0.25, -0.2) is 9.69 Å². The molecule has 0 aliphatic carbocycles. The molecule has 34 heavy (non-hydrogen) atoms. The zero-order valence-electron chi connectivity index (χ0n) is 19.9. The quantitative estimate of drug-likeness (QED) is 0.484. The van der Waals surface area contributed by atoms with Crippen LogP contribution in [0, 0.1) is 0 Å². The Bertz CT molecular complexity index is 1070. The molecule has 0 radical (unpaired) electrons. The van der Waals surface area contributed by atoms with Crippen molar-refractivity contribution >= 4 is 30.7 Å². The fourth-order valence-electron chi connectivity index (χ4n) is 4.80. The van der Waals surface area contributed by atoms with E-state index >= 15 is 0 Å². The lowest BCUT2D eigenvalue weighted by Crippen LogP contribution is -2.67. The van der Waals surface area contributed by atoms with Gasteiger partial charge in [0.2, 0.25) is 0 Å². The number of rotatable bonds is 7. The number of hydrogen-bond donors (Lipinski definition) is 0. The smallest absolute Gasteiger partial charge is 0.417 e. The molecule has 1 aliphatic rings. The molecule has 0 bridgehead atoms. The number of ether oxygens (including phenoxy) is 1. The maximum Gasteiger partial charge on any atom is 0.417 e. The van der Waals surface area contributed by atoms with Crippen LogP contribution in [0.5, 0.6) is 0 Å². The molecule has 0 saturated carbocycles. The number of carbonyl (C=O) groups is 2. The van der Waals surface area contributed by atoms with Crippen molar-refractivity contribution in [1.82, 2.24) is 4.90 Å². The summed E-state index contributed by atoms with van der Waals surface area (Å²) in [6.45, 7) is 6.48. The zero-order chi connectivity index (χ0) is 24.2. The molecular weight excluding hydrogens is 442 g/mol. The highest BCUT2D eigenvalue weighted by molar-refractivity contribution is 6.99. The van der Waals surface area contributed by atoms with E-state index in [1.54, 1.807) is 0 Å². The molecule has 4 rings (SSSR count). The van der Waals surface area contributed by atoms with Crippen molar-refractivity contribution in [1.29, 1.82) is 0 Å². The molecular formula is C28H31NO4Si. The van der Waals surface area contributed by atoms with E-state index < -0.39 is 14.4 Å². The largest absolute Gasteiger partial charge is 0.447 e. The number of hydrogen-bond acceptors (Lipinski definition) is 4. The van der Waals surface area contributed by atoms with E-state index in [0.717, 1.165) is 15.9 Å². The average Bonchev–Trinajstić information content (AvgIpc) is 3.20. The second-order valence-electron chi connectivity index (χ2n) is 9.64. The van der Waals surface area contributed by atoms with E-state index in [-0.39, 0.29) is 30.2 Å². The summed E-state index contributed by atoms with van der Waals surface area (Å²) in [6.07, 6.45) is -0.0469. The van der Waals surface area contributed by atoms with Crippen molar-refractivity contribution in [3.8, 4) is 0 Å². The zero-order valence-corrected chi connectivity index (χ0v) is 20.9. The first-order chi connectivity index (χ1) is 16.3. The van der Waals surface area contributed by atoms with E-state index in [1.807, 2.05) is 66.7 Å². The Labute approximate surface area is 202 Å². The van der Waals surface area contributed by atoms with Gasteiger partial charge in [0.1, 0.15) is 13.2 Å². The third-order valence-corrected chi connectivity index (χ3v) is 11.4. The number of nitrogens with zero attached hydrogens (tertiary/aromatic N) is 1. The Hall–Kier alpha value is -3.22. The van der Waals surface area contributed by atoms with Gasteiger partial charge >= 0.3 is 6.09 Å². The van der Waals surface area contributed by atoms with Crippen LogP contribution in [0.25, 0.3) is 0 Å². The lowest BCUT2D eigenvalue weighted by atomic mass is 10.1. The van der Waals surface area contributed by atoms with E-state index in [4.69, 9.17) is 9.16 Å². The Morgan fingerprint density at radius 3 is 1.91 bits per heavy atom. The Morgan fingerprint density at radius 2 is 1.41 bits per heavy atom. The molecule has 0 unspecified atom stereocenters. The summed E-state index contributed by atoms with van der Waals surface area (Å²) in [5.41, 5.74) is 1.05. The summed E-state index contributed by atoms with van der Waals surface area (Å²) in [7, 11) is -2.88. The number of benzene rings is 3. The highest BCUT2D eigenvalue weighted by atomic mass is 28.4. The predicted molar refractivity (Wildman–Crippen MR) is 136 cm³/mol. The van der Waals surface area contributed by atoms with Crippen LogP contribution < -0.4 is 10.4 Å². The van der Waals surface area contributed by atoms with Gasteiger partial charge < -0.3 is 9.16 Å². The predicted octanol–water partition coefficient (Wildman–Crippen LogP) is 4.15. The molecule has 2 amide bonds. The fraction of sp³-hybridized carbons (Fsp3) is 0.286. The van der Waals surface area contributed by atoms with E-state index in [1.165, 1.54) is 4.90 Å². The van der Waals surface area contributed by atoms with Crippen LogP contribution in [-0.2, 0) is 20.4 Å². The van der Waals surface area contributed by atoms with Crippen LogP contribution in [0.3, 0.4) is 0 Å². The minimum absolute atomic E-state index is 0.187. The number of amides is 2. The van der Waals surface area contributed by atoms with Crippen LogP contribution >= 0.6 is 0 Å². The molecule has 6 heteroatoms. The second-order valence-corrected chi connectivity index (χ2v) is 13.9. The topological polar surface area (TPSA) is 55.8 Å². The minimum Gasteiger partial charge on any atom is -0.447 e. The molecule has 3 aromatic carbocycles. The lowest BCUT2D eigenvalue weighted by molar-refractivity contribution is -0.131. The summed E-state index contributed by atoms with van der Waals surface area (Å²) >= 11 is 0. The van der Waals surface area contributed by atoms with Crippen molar-refractivity contribution in [2.75, 3.05) is 13.2 Å². The fourth-order valence-corrected chi connectivity index (χ4v) is 9.30. The molecule has 1 saturated heterocycles. The third-order valence-electron chi connectivity index (χ3n) is 6.37. The van der Waals surface area contributed by atoms with Crippen molar-refractivity contribution in [2.45, 2.75) is 38.3 Å². The van der Waals surface area contributed by atoms with Gasteiger partial charge in [0.05, 0.1) is 6.04 Å². The van der Waals surface area contributed by atoms with Gasteiger partial charge in [-0.05, 0) is 27.4 Å². The van der Waals surface area contributed by atoms with Gasteiger partial charge in [-0.2, -0.15) is 0 Å². The first-order valence-corrected chi connectivity index (χ1v) is 13.5. The normalized spacial score (nSPS) is 16.4. The molecule has 1 heterocycles. The van der Waals surface area contributed by atoms with Crippen LogP contribution in [-0.4, -0.2) is 44.5 Å². The molecule has 0 N–H and O–H groups in total. The maximum absolute atomic E-state index is 13.4. The molecule has 3 aromatic rings. The van der Waals surface area contributed by atoms with Crippen molar-refractivity contribution < 1.29 is 18.8 Å². The Kier molecular flexibility index (Phi) is 7.00. The molecule has 0 aromatic heterocycles. The van der Waals surface area contributed by atoms with Crippen molar-refractivity contribution in [2.24, 2.45) is 0 Å². The Balaban J connectivity index is 1.63. The van der Waals surface area contributed by atoms with Crippen LogP contribution in [0.4, 0.5) is 4.79 Å².